The number of aromatic nitrogens is 1. The summed E-state index contributed by atoms with van der Waals surface area (Å²) < 4.78 is 5.66. The number of nitrogen functional groups attached to an aromatic ring is 1. The number of rotatable bonds is 5. The number of thiophene rings is 1. The van der Waals surface area contributed by atoms with Gasteiger partial charge in [0, 0.05) is 23.4 Å². The maximum atomic E-state index is 12.9. The summed E-state index contributed by atoms with van der Waals surface area (Å²) in [4.78, 5) is 30.4. The van der Waals surface area contributed by atoms with Crippen LogP contribution in [0.1, 0.15) is 16.6 Å². The lowest BCUT2D eigenvalue weighted by Gasteiger charge is -2.06. The third-order valence-corrected chi connectivity index (χ3v) is 8.01. The molecule has 0 aliphatic carbocycles. The number of carbonyl (C=O) groups is 1. The van der Waals surface area contributed by atoms with Crippen LogP contribution in [0.5, 0.6) is 0 Å². The highest BCUT2D eigenvalue weighted by Gasteiger charge is 2.23. The van der Waals surface area contributed by atoms with E-state index in [1.807, 2.05) is 78.2 Å². The van der Waals surface area contributed by atoms with Crippen LogP contribution in [0.4, 0.5) is 16.4 Å². The first-order valence-electron chi connectivity index (χ1n) is 11.2. The van der Waals surface area contributed by atoms with Crippen LogP contribution in [0.25, 0.3) is 43.6 Å². The molecule has 0 fully saturated rings. The van der Waals surface area contributed by atoms with Crippen molar-refractivity contribution >= 4 is 66.6 Å². The van der Waals surface area contributed by atoms with E-state index in [4.69, 9.17) is 15.1 Å². The van der Waals surface area contributed by atoms with E-state index in [1.165, 1.54) is 29.6 Å². The van der Waals surface area contributed by atoms with Crippen molar-refractivity contribution in [1.82, 2.24) is 4.98 Å². The van der Waals surface area contributed by atoms with E-state index < -0.39 is 5.63 Å². The number of nitrogens with zero attached hydrogens (tertiary/aromatic N) is 1. The summed E-state index contributed by atoms with van der Waals surface area (Å²) in [6.45, 7) is 1.50. The normalized spacial score (nSPS) is 11.2. The molecule has 0 unspecified atom stereocenters. The van der Waals surface area contributed by atoms with Crippen molar-refractivity contribution in [2.24, 2.45) is 0 Å². The molecule has 0 saturated heterocycles. The molecule has 36 heavy (non-hydrogen) atoms. The first kappa shape index (κ1) is 22.2. The Morgan fingerprint density at radius 2 is 1.78 bits per heavy atom. The molecule has 3 aromatic heterocycles. The number of fused-ring (bicyclic) bond motifs is 3. The fourth-order valence-electron chi connectivity index (χ4n) is 4.22. The Kier molecular flexibility index (Phi) is 5.40. The van der Waals surface area contributed by atoms with E-state index in [-0.39, 0.29) is 5.78 Å². The number of nitrogens with two attached hydrogens (primary N) is 1. The number of hydrogen-bond donors (Lipinski definition) is 2. The molecule has 6 aromatic rings. The molecular weight excluding hydrogens is 490 g/mol. The summed E-state index contributed by atoms with van der Waals surface area (Å²) >= 11 is 2.66. The van der Waals surface area contributed by atoms with Gasteiger partial charge in [-0.05, 0) is 35.0 Å². The number of thiazole rings is 1. The Balaban J connectivity index is 1.49. The minimum atomic E-state index is -0.458. The van der Waals surface area contributed by atoms with Crippen LogP contribution in [0.2, 0.25) is 0 Å². The van der Waals surface area contributed by atoms with Crippen LogP contribution < -0.4 is 16.7 Å². The molecule has 176 valence electrons. The van der Waals surface area contributed by atoms with Gasteiger partial charge >= 0.3 is 5.63 Å². The molecule has 0 spiro atoms. The van der Waals surface area contributed by atoms with Crippen molar-refractivity contribution in [1.29, 1.82) is 0 Å². The molecule has 3 N–H and O–H groups in total. The van der Waals surface area contributed by atoms with Crippen LogP contribution >= 0.6 is 22.7 Å². The standard InChI is InChI=1S/C28H19N3O3S2/c1-15(32)25-24(29)23(27(36-25)30-17-8-3-2-4-9-17)26-31-21(14-35-26)20-13-19-18-10-6-5-7-16(18)11-12-22(19)34-28(20)33/h2-14,30H,29H2,1H3. The first-order chi connectivity index (χ1) is 17.5. The van der Waals surface area contributed by atoms with Crippen molar-refractivity contribution in [2.45, 2.75) is 6.92 Å². The van der Waals surface area contributed by atoms with E-state index in [0.717, 1.165) is 26.8 Å². The number of Topliss-reactive ketones (excluding diaryl/α,β-unsaturated/α-hetero) is 1. The van der Waals surface area contributed by atoms with Crippen molar-refractivity contribution in [2.75, 3.05) is 11.1 Å². The topological polar surface area (TPSA) is 98.2 Å². The minimum absolute atomic E-state index is 0.112. The molecule has 0 atom stereocenters. The van der Waals surface area contributed by atoms with E-state index in [1.54, 1.807) is 0 Å². The lowest BCUT2D eigenvalue weighted by molar-refractivity contribution is 0.102. The van der Waals surface area contributed by atoms with E-state index in [2.05, 4.69) is 5.32 Å². The number of anilines is 3. The Labute approximate surface area is 213 Å². The minimum Gasteiger partial charge on any atom is -0.422 e. The van der Waals surface area contributed by atoms with Gasteiger partial charge in [0.05, 0.1) is 27.4 Å². The second-order valence-corrected chi connectivity index (χ2v) is 10.2. The zero-order chi connectivity index (χ0) is 24.8. The van der Waals surface area contributed by atoms with E-state index in [9.17, 15) is 9.59 Å². The second-order valence-electron chi connectivity index (χ2n) is 8.28. The highest BCUT2D eigenvalue weighted by molar-refractivity contribution is 7.20. The molecule has 6 rings (SSSR count). The second kappa shape index (κ2) is 8.75. The van der Waals surface area contributed by atoms with Gasteiger partial charge in [-0.1, -0.05) is 48.5 Å². The maximum absolute atomic E-state index is 12.9. The highest BCUT2D eigenvalue weighted by atomic mass is 32.1. The Hall–Kier alpha value is -4.27. The van der Waals surface area contributed by atoms with Gasteiger partial charge in [-0.25, -0.2) is 9.78 Å². The quantitative estimate of drug-likeness (QED) is 0.143. The SMILES string of the molecule is CC(=O)c1sc(Nc2ccccc2)c(-c2nc(-c3cc4c(ccc5ccccc54)oc3=O)cs2)c1N. The molecule has 0 amide bonds. The lowest BCUT2D eigenvalue weighted by atomic mass is 10.0. The molecule has 8 heteroatoms. The number of para-hydroxylation sites is 1. The van der Waals surface area contributed by atoms with E-state index in [0.29, 0.717) is 38.0 Å². The van der Waals surface area contributed by atoms with Gasteiger partial charge in [-0.3, -0.25) is 4.79 Å². The first-order valence-corrected chi connectivity index (χ1v) is 12.9. The molecule has 0 radical (unpaired) electrons. The number of ketones is 1. The Bertz CT molecular complexity index is 1830. The largest absolute Gasteiger partial charge is 0.422 e. The van der Waals surface area contributed by atoms with Gasteiger partial charge < -0.3 is 15.5 Å². The van der Waals surface area contributed by atoms with Crippen molar-refractivity contribution in [3.63, 3.8) is 0 Å². The van der Waals surface area contributed by atoms with Crippen LogP contribution in [0.3, 0.4) is 0 Å². The summed E-state index contributed by atoms with van der Waals surface area (Å²) in [5.41, 5.74) is 9.29. The lowest BCUT2D eigenvalue weighted by Crippen LogP contribution is -2.03. The smallest absolute Gasteiger partial charge is 0.345 e. The summed E-state index contributed by atoms with van der Waals surface area (Å²) in [5, 5.41) is 9.42. The van der Waals surface area contributed by atoms with Gasteiger partial charge in [-0.15, -0.1) is 22.7 Å². The number of benzene rings is 3. The molecule has 0 aliphatic heterocycles. The third kappa shape index (κ3) is 3.77. The van der Waals surface area contributed by atoms with Crippen molar-refractivity contribution < 1.29 is 9.21 Å². The van der Waals surface area contributed by atoms with Crippen molar-refractivity contribution in [3.8, 4) is 21.8 Å². The zero-order valence-corrected chi connectivity index (χ0v) is 20.7. The Morgan fingerprint density at radius 1 is 1.00 bits per heavy atom. The average molecular weight is 510 g/mol. The van der Waals surface area contributed by atoms with Crippen LogP contribution in [-0.4, -0.2) is 10.8 Å². The van der Waals surface area contributed by atoms with Gasteiger partial charge in [0.15, 0.2) is 5.78 Å². The van der Waals surface area contributed by atoms with Crippen molar-refractivity contribution in [3.05, 3.63) is 93.5 Å². The fraction of sp³-hybridized carbons (Fsp3) is 0.0357. The summed E-state index contributed by atoms with van der Waals surface area (Å²) in [6.07, 6.45) is 0. The predicted octanol–water partition coefficient (Wildman–Crippen LogP) is 7.33. The zero-order valence-electron chi connectivity index (χ0n) is 19.1. The monoisotopic (exact) mass is 509 g/mol. The molecule has 3 aromatic carbocycles. The maximum Gasteiger partial charge on any atom is 0.345 e. The fourth-order valence-corrected chi connectivity index (χ4v) is 6.21. The number of hydrogen-bond acceptors (Lipinski definition) is 8. The summed E-state index contributed by atoms with van der Waals surface area (Å²) in [6, 6.07) is 23.2. The summed E-state index contributed by atoms with van der Waals surface area (Å²) in [5.74, 6) is -0.112. The molecular formula is C28H19N3O3S2. The van der Waals surface area contributed by atoms with Gasteiger partial charge in [-0.2, -0.15) is 0 Å². The molecule has 0 saturated carbocycles. The van der Waals surface area contributed by atoms with Crippen LogP contribution in [-0.2, 0) is 0 Å². The van der Waals surface area contributed by atoms with E-state index >= 15 is 0 Å². The number of carbonyl (C=O) groups excluding carboxylic acids is 1. The van der Waals surface area contributed by atoms with Crippen LogP contribution in [0.15, 0.2) is 87.4 Å². The predicted molar refractivity (Wildman–Crippen MR) is 149 cm³/mol. The third-order valence-electron chi connectivity index (χ3n) is 5.93. The highest BCUT2D eigenvalue weighted by Crippen LogP contribution is 2.46. The summed E-state index contributed by atoms with van der Waals surface area (Å²) in [7, 11) is 0. The average Bonchev–Trinajstić information content (AvgIpc) is 3.48. The molecule has 6 nitrogen and oxygen atoms in total. The van der Waals surface area contributed by atoms with Gasteiger partial charge in [0.1, 0.15) is 15.6 Å². The molecule has 0 bridgehead atoms. The van der Waals surface area contributed by atoms with Gasteiger partial charge in [0.2, 0.25) is 0 Å². The van der Waals surface area contributed by atoms with Gasteiger partial charge in [0.25, 0.3) is 0 Å². The Morgan fingerprint density at radius 3 is 2.58 bits per heavy atom. The molecule has 0 aliphatic rings. The van der Waals surface area contributed by atoms with Crippen LogP contribution in [0, 0.1) is 0 Å². The molecule has 3 heterocycles. The number of nitrogens with one attached hydrogen (secondary N) is 1.